The highest BCUT2D eigenvalue weighted by molar-refractivity contribution is 4.84. The topological polar surface area (TPSA) is 49.5 Å². The zero-order valence-electron chi connectivity index (χ0n) is 9.66. The molecule has 1 fully saturated rings. The van der Waals surface area contributed by atoms with Crippen molar-refractivity contribution in [3.63, 3.8) is 0 Å². The third kappa shape index (κ3) is 3.23. The minimum absolute atomic E-state index is 0.0742. The van der Waals surface area contributed by atoms with Crippen molar-refractivity contribution in [3.8, 4) is 0 Å². The summed E-state index contributed by atoms with van der Waals surface area (Å²) in [5, 5.41) is 9.04. The zero-order chi connectivity index (χ0) is 10.8. The van der Waals surface area contributed by atoms with Crippen LogP contribution in [-0.2, 0) is 0 Å². The Labute approximate surface area is 87.3 Å². The number of hydrogen-bond donors (Lipinski definition) is 2. The van der Waals surface area contributed by atoms with E-state index in [1.165, 1.54) is 13.0 Å². The van der Waals surface area contributed by atoms with Crippen molar-refractivity contribution in [2.45, 2.75) is 45.2 Å². The molecule has 0 saturated carbocycles. The Kier molecular flexibility index (Phi) is 3.93. The van der Waals surface area contributed by atoms with Gasteiger partial charge in [0.25, 0.3) is 0 Å². The van der Waals surface area contributed by atoms with E-state index in [2.05, 4.69) is 18.7 Å². The van der Waals surface area contributed by atoms with Crippen LogP contribution in [0.1, 0.15) is 33.6 Å². The lowest BCUT2D eigenvalue weighted by Crippen LogP contribution is -2.44. The molecule has 1 aliphatic rings. The number of aliphatic hydroxyl groups is 1. The minimum atomic E-state index is -0.411. The maximum atomic E-state index is 9.04. The van der Waals surface area contributed by atoms with Gasteiger partial charge in [0.2, 0.25) is 0 Å². The number of rotatable bonds is 4. The second-order valence-electron chi connectivity index (χ2n) is 5.25. The van der Waals surface area contributed by atoms with Crippen LogP contribution in [0.5, 0.6) is 0 Å². The van der Waals surface area contributed by atoms with Crippen LogP contribution in [0.25, 0.3) is 0 Å². The third-order valence-corrected chi connectivity index (χ3v) is 3.24. The van der Waals surface area contributed by atoms with E-state index in [0.29, 0.717) is 6.04 Å². The fourth-order valence-corrected chi connectivity index (χ4v) is 2.18. The first kappa shape index (κ1) is 12.0. The maximum Gasteiger partial charge on any atom is 0.0608 e. The van der Waals surface area contributed by atoms with Crippen LogP contribution in [0.4, 0.5) is 0 Å². The first-order valence-corrected chi connectivity index (χ1v) is 5.58. The first-order valence-electron chi connectivity index (χ1n) is 5.58. The van der Waals surface area contributed by atoms with Crippen molar-refractivity contribution in [1.82, 2.24) is 4.90 Å². The predicted molar refractivity (Wildman–Crippen MR) is 59.1 cm³/mol. The van der Waals surface area contributed by atoms with Gasteiger partial charge in [-0.05, 0) is 32.6 Å². The van der Waals surface area contributed by atoms with E-state index >= 15 is 0 Å². The standard InChI is InChI=1S/C11H24N2O/c1-9-6-10(2)13(7-9)5-4-11(3,12)8-14/h9-10,14H,4-8,12H2,1-3H3. The molecule has 1 rings (SSSR count). The molecule has 0 spiro atoms. The predicted octanol–water partition coefficient (Wildman–Crippen LogP) is 0.817. The molecule has 1 heterocycles. The quantitative estimate of drug-likeness (QED) is 0.706. The largest absolute Gasteiger partial charge is 0.394 e. The van der Waals surface area contributed by atoms with Crippen molar-refractivity contribution in [1.29, 1.82) is 0 Å². The van der Waals surface area contributed by atoms with Gasteiger partial charge in [0.05, 0.1) is 6.61 Å². The Hall–Kier alpha value is -0.120. The second-order valence-corrected chi connectivity index (χ2v) is 5.25. The highest BCUT2D eigenvalue weighted by atomic mass is 16.3. The molecule has 0 aromatic carbocycles. The molecule has 0 aliphatic carbocycles. The lowest BCUT2D eigenvalue weighted by atomic mass is 10.0. The van der Waals surface area contributed by atoms with Crippen LogP contribution in [-0.4, -0.2) is 41.3 Å². The fraction of sp³-hybridized carbons (Fsp3) is 1.00. The van der Waals surface area contributed by atoms with E-state index in [-0.39, 0.29) is 6.61 Å². The van der Waals surface area contributed by atoms with Crippen molar-refractivity contribution >= 4 is 0 Å². The van der Waals surface area contributed by atoms with E-state index < -0.39 is 5.54 Å². The molecule has 3 N–H and O–H groups in total. The molecule has 0 aromatic heterocycles. The van der Waals surface area contributed by atoms with Crippen molar-refractivity contribution < 1.29 is 5.11 Å². The Bertz CT molecular complexity index is 182. The van der Waals surface area contributed by atoms with E-state index in [0.717, 1.165) is 18.9 Å². The lowest BCUT2D eigenvalue weighted by Gasteiger charge is -2.27. The van der Waals surface area contributed by atoms with E-state index in [4.69, 9.17) is 10.8 Å². The van der Waals surface area contributed by atoms with Gasteiger partial charge in [0, 0.05) is 24.7 Å². The summed E-state index contributed by atoms with van der Waals surface area (Å²) < 4.78 is 0. The van der Waals surface area contributed by atoms with Crippen LogP contribution in [0.15, 0.2) is 0 Å². The summed E-state index contributed by atoms with van der Waals surface area (Å²) in [6.07, 6.45) is 2.17. The molecule has 0 aromatic rings. The normalized spacial score (nSPS) is 33.2. The Balaban J connectivity index is 2.31. The van der Waals surface area contributed by atoms with Crippen molar-refractivity contribution in [3.05, 3.63) is 0 Å². The van der Waals surface area contributed by atoms with Gasteiger partial charge in [-0.2, -0.15) is 0 Å². The van der Waals surface area contributed by atoms with E-state index in [1.807, 2.05) is 6.92 Å². The molecule has 84 valence electrons. The Morgan fingerprint density at radius 3 is 2.57 bits per heavy atom. The molecule has 3 unspecified atom stereocenters. The monoisotopic (exact) mass is 200 g/mol. The average molecular weight is 200 g/mol. The molecule has 3 atom stereocenters. The van der Waals surface area contributed by atoms with Gasteiger partial charge in [0.1, 0.15) is 0 Å². The summed E-state index contributed by atoms with van der Waals surface area (Å²) in [7, 11) is 0. The summed E-state index contributed by atoms with van der Waals surface area (Å²) in [6, 6.07) is 0.680. The summed E-state index contributed by atoms with van der Waals surface area (Å²) in [4.78, 5) is 2.48. The number of nitrogens with zero attached hydrogens (tertiary/aromatic N) is 1. The average Bonchev–Trinajstić information content (AvgIpc) is 2.42. The number of aliphatic hydroxyl groups excluding tert-OH is 1. The molecule has 1 aliphatic heterocycles. The minimum Gasteiger partial charge on any atom is -0.394 e. The molecular weight excluding hydrogens is 176 g/mol. The molecular formula is C11H24N2O. The molecule has 14 heavy (non-hydrogen) atoms. The molecule has 3 nitrogen and oxygen atoms in total. The SMILES string of the molecule is CC1CC(C)N(CCC(C)(N)CO)C1. The van der Waals surface area contributed by atoms with Crippen molar-refractivity contribution in [2.24, 2.45) is 11.7 Å². The van der Waals surface area contributed by atoms with Gasteiger partial charge in [-0.1, -0.05) is 6.92 Å². The molecule has 3 heteroatoms. The Morgan fingerprint density at radius 2 is 2.14 bits per heavy atom. The molecule has 1 saturated heterocycles. The highest BCUT2D eigenvalue weighted by Crippen LogP contribution is 2.23. The van der Waals surface area contributed by atoms with Gasteiger partial charge in [-0.15, -0.1) is 0 Å². The van der Waals surface area contributed by atoms with Gasteiger partial charge in [0.15, 0.2) is 0 Å². The van der Waals surface area contributed by atoms with Crippen LogP contribution in [0.2, 0.25) is 0 Å². The second kappa shape index (κ2) is 4.60. The zero-order valence-corrected chi connectivity index (χ0v) is 9.66. The summed E-state index contributed by atoms with van der Waals surface area (Å²) >= 11 is 0. The Morgan fingerprint density at radius 1 is 1.50 bits per heavy atom. The van der Waals surface area contributed by atoms with Crippen LogP contribution in [0, 0.1) is 5.92 Å². The maximum absolute atomic E-state index is 9.04. The van der Waals surface area contributed by atoms with Crippen LogP contribution >= 0.6 is 0 Å². The molecule has 0 radical (unpaired) electrons. The smallest absolute Gasteiger partial charge is 0.0608 e. The lowest BCUT2D eigenvalue weighted by molar-refractivity contribution is 0.171. The fourth-order valence-electron chi connectivity index (χ4n) is 2.18. The van der Waals surface area contributed by atoms with E-state index in [1.54, 1.807) is 0 Å². The molecule has 0 bridgehead atoms. The summed E-state index contributed by atoms with van der Waals surface area (Å²) in [5.41, 5.74) is 5.49. The van der Waals surface area contributed by atoms with Gasteiger partial charge in [-0.3, -0.25) is 0 Å². The van der Waals surface area contributed by atoms with Gasteiger partial charge < -0.3 is 15.7 Å². The number of likely N-dealkylation sites (tertiary alicyclic amines) is 1. The summed E-state index contributed by atoms with van der Waals surface area (Å²) in [5.74, 6) is 0.808. The number of hydrogen-bond acceptors (Lipinski definition) is 3. The third-order valence-electron chi connectivity index (χ3n) is 3.24. The summed E-state index contributed by atoms with van der Waals surface area (Å²) in [6.45, 7) is 8.75. The van der Waals surface area contributed by atoms with Crippen LogP contribution in [0.3, 0.4) is 0 Å². The van der Waals surface area contributed by atoms with Gasteiger partial charge >= 0.3 is 0 Å². The van der Waals surface area contributed by atoms with Crippen LogP contribution < -0.4 is 5.73 Å². The van der Waals surface area contributed by atoms with Crippen molar-refractivity contribution in [2.75, 3.05) is 19.7 Å². The van der Waals surface area contributed by atoms with E-state index in [9.17, 15) is 0 Å². The molecule has 0 amide bonds. The first-order chi connectivity index (χ1) is 6.44. The number of nitrogens with two attached hydrogens (primary N) is 1. The van der Waals surface area contributed by atoms with Gasteiger partial charge in [-0.25, -0.2) is 0 Å². The highest BCUT2D eigenvalue weighted by Gasteiger charge is 2.27.